The predicted molar refractivity (Wildman–Crippen MR) is 95.2 cm³/mol. The van der Waals surface area contributed by atoms with E-state index in [9.17, 15) is 0 Å². The van der Waals surface area contributed by atoms with Crippen LogP contribution in [0.3, 0.4) is 0 Å². The Morgan fingerprint density at radius 1 is 1.08 bits per heavy atom. The normalized spacial score (nSPS) is 10.8. The highest BCUT2D eigenvalue weighted by atomic mass is 16.5. The summed E-state index contributed by atoms with van der Waals surface area (Å²) in [7, 11) is 1.59. The van der Waals surface area contributed by atoms with E-state index in [-0.39, 0.29) is 0 Å². The molecule has 4 heterocycles. The van der Waals surface area contributed by atoms with Gasteiger partial charge in [-0.25, -0.2) is 15.0 Å². The van der Waals surface area contributed by atoms with Crippen LogP contribution in [0.5, 0.6) is 5.88 Å². The molecule has 0 spiro atoms. The van der Waals surface area contributed by atoms with Crippen LogP contribution in [0.25, 0.3) is 22.3 Å². The molecule has 0 atom stereocenters. The minimum Gasteiger partial charge on any atom is -0.479 e. The molecule has 0 aromatic carbocycles. The van der Waals surface area contributed by atoms with Gasteiger partial charge in [0.15, 0.2) is 0 Å². The van der Waals surface area contributed by atoms with E-state index in [0.717, 1.165) is 28.1 Å². The van der Waals surface area contributed by atoms with Gasteiger partial charge in [0.05, 0.1) is 19.3 Å². The van der Waals surface area contributed by atoms with Crippen LogP contribution in [0, 0.1) is 0 Å². The minimum atomic E-state index is 0.479. The molecule has 0 amide bonds. The molecular formula is C18H16N6O. The first-order chi connectivity index (χ1) is 12.3. The van der Waals surface area contributed by atoms with Gasteiger partial charge in [-0.1, -0.05) is 6.07 Å². The second-order valence-corrected chi connectivity index (χ2v) is 5.38. The van der Waals surface area contributed by atoms with Crippen molar-refractivity contribution < 1.29 is 4.74 Å². The molecule has 4 rings (SSSR count). The maximum atomic E-state index is 5.36. The summed E-state index contributed by atoms with van der Waals surface area (Å²) < 4.78 is 5.36. The van der Waals surface area contributed by atoms with Gasteiger partial charge >= 0.3 is 0 Å². The zero-order valence-electron chi connectivity index (χ0n) is 13.6. The number of hydrogen-bond donors (Lipinski definition) is 2. The maximum absolute atomic E-state index is 5.36. The molecule has 2 N–H and O–H groups in total. The second kappa shape index (κ2) is 6.56. The molecular weight excluding hydrogens is 316 g/mol. The number of pyridine rings is 2. The molecule has 4 aromatic rings. The highest BCUT2D eigenvalue weighted by Crippen LogP contribution is 2.32. The third kappa shape index (κ3) is 2.99. The second-order valence-electron chi connectivity index (χ2n) is 5.38. The van der Waals surface area contributed by atoms with Crippen LogP contribution < -0.4 is 10.1 Å². The molecule has 4 aromatic heterocycles. The lowest BCUT2D eigenvalue weighted by Gasteiger charge is -2.10. The van der Waals surface area contributed by atoms with Crippen LogP contribution in [0.4, 0.5) is 5.82 Å². The average molecular weight is 332 g/mol. The molecule has 0 aliphatic heterocycles. The molecule has 0 saturated heterocycles. The van der Waals surface area contributed by atoms with Crippen LogP contribution in [0.2, 0.25) is 0 Å². The molecule has 0 radical (unpaired) electrons. The Bertz CT molecular complexity index is 999. The molecule has 25 heavy (non-hydrogen) atoms. The lowest BCUT2D eigenvalue weighted by Crippen LogP contribution is -2.04. The molecule has 0 saturated carbocycles. The van der Waals surface area contributed by atoms with Crippen LogP contribution in [-0.4, -0.2) is 32.0 Å². The third-order valence-electron chi connectivity index (χ3n) is 3.82. The number of methoxy groups -OCH3 is 1. The fourth-order valence-corrected chi connectivity index (χ4v) is 2.67. The first kappa shape index (κ1) is 15.1. The zero-order chi connectivity index (χ0) is 17.1. The number of fused-ring (bicyclic) bond motifs is 1. The molecule has 0 aliphatic rings. The molecule has 7 nitrogen and oxygen atoms in total. The topological polar surface area (TPSA) is 88.6 Å². The average Bonchev–Trinajstić information content (AvgIpc) is 3.15. The number of ether oxygens (including phenoxy) is 1. The monoisotopic (exact) mass is 332 g/mol. The first-order valence-corrected chi connectivity index (χ1v) is 7.82. The Labute approximate surface area is 144 Å². The van der Waals surface area contributed by atoms with E-state index in [2.05, 4.69) is 30.2 Å². The predicted octanol–water partition coefficient (Wildman–Crippen LogP) is 3.04. The smallest absolute Gasteiger partial charge is 0.240 e. The number of nitrogens with one attached hydrogen (secondary N) is 2. The number of nitrogens with zero attached hydrogens (tertiary/aromatic N) is 4. The number of rotatable bonds is 5. The molecule has 0 aliphatic carbocycles. The van der Waals surface area contributed by atoms with Gasteiger partial charge < -0.3 is 15.0 Å². The number of aromatic amines is 1. The summed E-state index contributed by atoms with van der Waals surface area (Å²) in [5.41, 5.74) is 3.29. The first-order valence-electron chi connectivity index (χ1n) is 7.82. The van der Waals surface area contributed by atoms with Crippen LogP contribution in [-0.2, 0) is 6.54 Å². The van der Waals surface area contributed by atoms with E-state index in [1.54, 1.807) is 25.7 Å². The molecule has 7 heteroatoms. The molecule has 124 valence electrons. The SMILES string of the molecule is COc1nccnc1-c1cc(NCc2ccccn2)nc2[nH]ccc12. The Morgan fingerprint density at radius 2 is 2.00 bits per heavy atom. The molecule has 0 fully saturated rings. The molecule has 0 bridgehead atoms. The van der Waals surface area contributed by atoms with E-state index in [1.165, 1.54) is 0 Å². The van der Waals surface area contributed by atoms with Gasteiger partial charge in [0.1, 0.15) is 17.2 Å². The van der Waals surface area contributed by atoms with Crippen LogP contribution in [0.15, 0.2) is 55.1 Å². The minimum absolute atomic E-state index is 0.479. The maximum Gasteiger partial charge on any atom is 0.240 e. The van der Waals surface area contributed by atoms with Crippen molar-refractivity contribution in [2.24, 2.45) is 0 Å². The van der Waals surface area contributed by atoms with E-state index < -0.39 is 0 Å². The van der Waals surface area contributed by atoms with Crippen molar-refractivity contribution in [3.05, 3.63) is 60.8 Å². The Kier molecular flexibility index (Phi) is 3.96. The summed E-state index contributed by atoms with van der Waals surface area (Å²) in [6.07, 6.45) is 6.89. The van der Waals surface area contributed by atoms with Crippen molar-refractivity contribution in [1.29, 1.82) is 0 Å². The van der Waals surface area contributed by atoms with Crippen molar-refractivity contribution >= 4 is 16.9 Å². The van der Waals surface area contributed by atoms with Crippen molar-refractivity contribution in [3.8, 4) is 17.1 Å². The van der Waals surface area contributed by atoms with Gasteiger partial charge in [-0.05, 0) is 24.3 Å². The number of hydrogen-bond acceptors (Lipinski definition) is 6. The van der Waals surface area contributed by atoms with Gasteiger partial charge in [0.25, 0.3) is 0 Å². The van der Waals surface area contributed by atoms with Crippen LogP contribution >= 0.6 is 0 Å². The summed E-state index contributed by atoms with van der Waals surface area (Å²) in [5.74, 6) is 1.20. The Balaban J connectivity index is 1.75. The molecule has 0 unspecified atom stereocenters. The summed E-state index contributed by atoms with van der Waals surface area (Å²) in [5, 5.41) is 4.27. The number of aromatic nitrogens is 5. The van der Waals surface area contributed by atoms with Crippen LogP contribution in [0.1, 0.15) is 5.69 Å². The van der Waals surface area contributed by atoms with Crippen molar-refractivity contribution in [3.63, 3.8) is 0 Å². The fourth-order valence-electron chi connectivity index (χ4n) is 2.67. The standard InChI is InChI=1S/C18H16N6O/c1-25-18-16(20-8-9-22-18)14-10-15(24-17-13(14)5-7-21-17)23-11-12-4-2-3-6-19-12/h2-10H,11H2,1H3,(H2,21,23,24). The lowest BCUT2D eigenvalue weighted by molar-refractivity contribution is 0.398. The van der Waals surface area contributed by atoms with Crippen molar-refractivity contribution in [1.82, 2.24) is 24.9 Å². The number of H-pyrrole nitrogens is 1. The van der Waals surface area contributed by atoms with Gasteiger partial charge in [0.2, 0.25) is 5.88 Å². The van der Waals surface area contributed by atoms with Gasteiger partial charge in [-0.3, -0.25) is 4.98 Å². The van der Waals surface area contributed by atoms with Crippen molar-refractivity contribution in [2.75, 3.05) is 12.4 Å². The highest BCUT2D eigenvalue weighted by Gasteiger charge is 2.15. The fraction of sp³-hybridized carbons (Fsp3) is 0.111. The summed E-state index contributed by atoms with van der Waals surface area (Å²) in [6, 6.07) is 9.74. The third-order valence-corrected chi connectivity index (χ3v) is 3.82. The van der Waals surface area contributed by atoms with E-state index in [4.69, 9.17) is 4.74 Å². The quantitative estimate of drug-likeness (QED) is 0.584. The van der Waals surface area contributed by atoms with Crippen molar-refractivity contribution in [2.45, 2.75) is 6.54 Å². The van der Waals surface area contributed by atoms with E-state index >= 15 is 0 Å². The largest absolute Gasteiger partial charge is 0.479 e. The Hall–Kier alpha value is -3.48. The van der Waals surface area contributed by atoms with Gasteiger partial charge in [0, 0.05) is 35.7 Å². The summed E-state index contributed by atoms with van der Waals surface area (Å²) in [4.78, 5) is 20.8. The highest BCUT2D eigenvalue weighted by molar-refractivity contribution is 5.94. The zero-order valence-corrected chi connectivity index (χ0v) is 13.6. The number of anilines is 1. The van der Waals surface area contributed by atoms with Gasteiger partial charge in [-0.15, -0.1) is 0 Å². The van der Waals surface area contributed by atoms with Gasteiger partial charge in [-0.2, -0.15) is 0 Å². The van der Waals surface area contributed by atoms with E-state index in [1.807, 2.05) is 36.5 Å². The Morgan fingerprint density at radius 3 is 2.84 bits per heavy atom. The van der Waals surface area contributed by atoms with E-state index in [0.29, 0.717) is 18.1 Å². The lowest BCUT2D eigenvalue weighted by atomic mass is 10.1. The summed E-state index contributed by atoms with van der Waals surface area (Å²) in [6.45, 7) is 0.580. The summed E-state index contributed by atoms with van der Waals surface area (Å²) >= 11 is 0.